The van der Waals surface area contributed by atoms with E-state index in [1.165, 1.54) is 30.7 Å². The molecular weight excluding hydrogens is 369 g/mol. The Hall–Kier alpha value is -2.89. The molecule has 0 saturated carbocycles. The number of anilines is 2. The van der Waals surface area contributed by atoms with Crippen LogP contribution in [0.1, 0.15) is 32.3 Å². The van der Waals surface area contributed by atoms with Gasteiger partial charge in [-0.1, -0.05) is 25.1 Å². The minimum atomic E-state index is -0.362. The molecule has 3 rings (SSSR count). The van der Waals surface area contributed by atoms with Crippen LogP contribution in [0, 0.1) is 11.7 Å². The fourth-order valence-corrected chi connectivity index (χ4v) is 3.53. The lowest BCUT2D eigenvalue weighted by atomic mass is 9.99. The summed E-state index contributed by atoms with van der Waals surface area (Å²) in [5, 5.41) is 2.68. The van der Waals surface area contributed by atoms with E-state index < -0.39 is 0 Å². The molecule has 1 fully saturated rings. The van der Waals surface area contributed by atoms with E-state index in [1.54, 1.807) is 18.2 Å². The van der Waals surface area contributed by atoms with Crippen LogP contribution < -0.4 is 15.1 Å². The van der Waals surface area contributed by atoms with Gasteiger partial charge in [-0.15, -0.1) is 0 Å². The molecule has 29 heavy (non-hydrogen) atoms. The molecule has 1 N–H and O–H groups in total. The number of carbonyl (C=O) groups is 2. The van der Waals surface area contributed by atoms with Gasteiger partial charge in [-0.05, 0) is 49.1 Å². The van der Waals surface area contributed by atoms with Gasteiger partial charge in [-0.25, -0.2) is 4.39 Å². The molecule has 1 aliphatic heterocycles. The molecular formula is C23H28FN3O2. The van der Waals surface area contributed by atoms with Gasteiger partial charge in [0, 0.05) is 43.5 Å². The zero-order chi connectivity index (χ0) is 20.8. The molecule has 154 valence electrons. The molecule has 2 amide bonds. The summed E-state index contributed by atoms with van der Waals surface area (Å²) in [6, 6.07) is 14.0. The van der Waals surface area contributed by atoms with Gasteiger partial charge in [0.05, 0.1) is 0 Å². The summed E-state index contributed by atoms with van der Waals surface area (Å²) in [6.45, 7) is 5.77. The van der Waals surface area contributed by atoms with E-state index in [0.717, 1.165) is 24.7 Å². The zero-order valence-electron chi connectivity index (χ0n) is 17.0. The van der Waals surface area contributed by atoms with Crippen molar-refractivity contribution in [1.29, 1.82) is 0 Å². The Labute approximate surface area is 171 Å². The van der Waals surface area contributed by atoms with Crippen LogP contribution in [0.15, 0.2) is 48.5 Å². The van der Waals surface area contributed by atoms with Crippen molar-refractivity contribution in [2.24, 2.45) is 5.92 Å². The van der Waals surface area contributed by atoms with Gasteiger partial charge < -0.3 is 15.1 Å². The van der Waals surface area contributed by atoms with Crippen LogP contribution in [-0.4, -0.2) is 31.4 Å². The third-order valence-corrected chi connectivity index (χ3v) is 5.43. The van der Waals surface area contributed by atoms with Gasteiger partial charge in [0.15, 0.2) is 0 Å². The Bertz CT molecular complexity index is 845. The topological polar surface area (TPSA) is 52.7 Å². The maximum atomic E-state index is 13.7. The zero-order valence-corrected chi connectivity index (χ0v) is 17.0. The van der Waals surface area contributed by atoms with E-state index >= 15 is 0 Å². The fourth-order valence-electron chi connectivity index (χ4n) is 3.53. The second kappa shape index (κ2) is 9.54. The smallest absolute Gasteiger partial charge is 0.240 e. The Morgan fingerprint density at radius 1 is 1.10 bits per heavy atom. The van der Waals surface area contributed by atoms with Gasteiger partial charge in [-0.2, -0.15) is 0 Å². The summed E-state index contributed by atoms with van der Waals surface area (Å²) in [6.07, 6.45) is 2.37. The van der Waals surface area contributed by atoms with E-state index in [0.29, 0.717) is 11.3 Å². The van der Waals surface area contributed by atoms with Gasteiger partial charge in [0.1, 0.15) is 12.4 Å². The molecule has 0 bridgehead atoms. The van der Waals surface area contributed by atoms with Crippen molar-refractivity contribution in [3.63, 3.8) is 0 Å². The molecule has 5 nitrogen and oxygen atoms in total. The van der Waals surface area contributed by atoms with Crippen LogP contribution in [0.2, 0.25) is 0 Å². The van der Waals surface area contributed by atoms with Crippen LogP contribution in [0.3, 0.4) is 0 Å². The van der Waals surface area contributed by atoms with E-state index in [1.807, 2.05) is 24.3 Å². The summed E-state index contributed by atoms with van der Waals surface area (Å²) in [7, 11) is 0. The molecule has 1 aliphatic rings. The Kier molecular flexibility index (Phi) is 6.86. The third-order valence-electron chi connectivity index (χ3n) is 5.43. The van der Waals surface area contributed by atoms with E-state index in [2.05, 4.69) is 17.1 Å². The molecule has 1 saturated heterocycles. The molecule has 0 radical (unpaired) electrons. The standard InChI is InChI=1S/C23H28FN3O2/c1-17-11-13-26(14-12-17)20-7-9-21(10-8-20)27(18(2)28)16-23(29)25-15-19-5-3-4-6-22(19)24/h3-10,17H,11-16H2,1-2H3,(H,25,29). The number of hydrogen-bond donors (Lipinski definition) is 1. The van der Waals surface area contributed by atoms with Crippen LogP contribution in [0.4, 0.5) is 15.8 Å². The molecule has 2 aromatic carbocycles. The number of rotatable bonds is 6. The quantitative estimate of drug-likeness (QED) is 0.808. The highest BCUT2D eigenvalue weighted by atomic mass is 19.1. The summed E-state index contributed by atoms with van der Waals surface area (Å²) in [5.41, 5.74) is 2.22. The number of benzene rings is 2. The van der Waals surface area contributed by atoms with E-state index in [4.69, 9.17) is 0 Å². The van der Waals surface area contributed by atoms with Crippen molar-refractivity contribution in [2.45, 2.75) is 33.2 Å². The second-order valence-corrected chi connectivity index (χ2v) is 7.66. The van der Waals surface area contributed by atoms with Crippen LogP contribution in [0.5, 0.6) is 0 Å². The first kappa shape index (κ1) is 20.8. The molecule has 0 aromatic heterocycles. The highest BCUT2D eigenvalue weighted by Crippen LogP contribution is 2.25. The summed E-state index contributed by atoms with van der Waals surface area (Å²) in [4.78, 5) is 28.2. The molecule has 0 unspecified atom stereocenters. The molecule has 1 heterocycles. The molecule has 0 aliphatic carbocycles. The fraction of sp³-hybridized carbons (Fsp3) is 0.391. The normalized spacial score (nSPS) is 14.5. The maximum Gasteiger partial charge on any atom is 0.240 e. The number of nitrogens with one attached hydrogen (secondary N) is 1. The first-order chi connectivity index (χ1) is 13.9. The van der Waals surface area contributed by atoms with Crippen LogP contribution >= 0.6 is 0 Å². The van der Waals surface area contributed by atoms with E-state index in [-0.39, 0.29) is 30.7 Å². The minimum absolute atomic E-state index is 0.0869. The predicted molar refractivity (Wildman–Crippen MR) is 113 cm³/mol. The lowest BCUT2D eigenvalue weighted by molar-refractivity contribution is -0.123. The maximum absolute atomic E-state index is 13.7. The average Bonchev–Trinajstić information content (AvgIpc) is 2.72. The van der Waals surface area contributed by atoms with Gasteiger partial charge in [0.2, 0.25) is 11.8 Å². The summed E-state index contributed by atoms with van der Waals surface area (Å²) < 4.78 is 13.7. The number of carbonyl (C=O) groups excluding carboxylic acids is 2. The first-order valence-corrected chi connectivity index (χ1v) is 10.1. The predicted octanol–water partition coefficient (Wildman–Crippen LogP) is 3.73. The average molecular weight is 397 g/mol. The Morgan fingerprint density at radius 2 is 1.76 bits per heavy atom. The van der Waals surface area contributed by atoms with Crippen molar-refractivity contribution >= 4 is 23.2 Å². The van der Waals surface area contributed by atoms with Crippen LogP contribution in [0.25, 0.3) is 0 Å². The van der Waals surface area contributed by atoms with Gasteiger partial charge in [0.25, 0.3) is 0 Å². The summed E-state index contributed by atoms with van der Waals surface area (Å²) in [5.74, 6) is -0.149. The highest BCUT2D eigenvalue weighted by molar-refractivity contribution is 5.97. The summed E-state index contributed by atoms with van der Waals surface area (Å²) >= 11 is 0. The van der Waals surface area contributed by atoms with E-state index in [9.17, 15) is 14.0 Å². The van der Waals surface area contributed by atoms with Crippen molar-refractivity contribution < 1.29 is 14.0 Å². The highest BCUT2D eigenvalue weighted by Gasteiger charge is 2.18. The number of nitrogens with zero attached hydrogens (tertiary/aromatic N) is 2. The third kappa shape index (κ3) is 5.56. The number of piperidine rings is 1. The van der Waals surface area contributed by atoms with Crippen LogP contribution in [-0.2, 0) is 16.1 Å². The minimum Gasteiger partial charge on any atom is -0.372 e. The number of amides is 2. The SMILES string of the molecule is CC(=O)N(CC(=O)NCc1ccccc1F)c1ccc(N2CCC(C)CC2)cc1. The van der Waals surface area contributed by atoms with Gasteiger partial charge >= 0.3 is 0 Å². The number of halogens is 1. The molecule has 0 atom stereocenters. The molecule has 0 spiro atoms. The molecule has 2 aromatic rings. The monoisotopic (exact) mass is 397 g/mol. The Morgan fingerprint density at radius 3 is 2.38 bits per heavy atom. The molecule has 6 heteroatoms. The number of hydrogen-bond acceptors (Lipinski definition) is 3. The van der Waals surface area contributed by atoms with Crippen molar-refractivity contribution in [1.82, 2.24) is 5.32 Å². The lowest BCUT2D eigenvalue weighted by Crippen LogP contribution is -2.39. The largest absolute Gasteiger partial charge is 0.372 e. The van der Waals surface area contributed by atoms with Crippen molar-refractivity contribution in [3.8, 4) is 0 Å². The van der Waals surface area contributed by atoms with Crippen molar-refractivity contribution in [2.75, 3.05) is 29.4 Å². The van der Waals surface area contributed by atoms with Crippen molar-refractivity contribution in [3.05, 3.63) is 59.9 Å². The Balaban J connectivity index is 1.61. The van der Waals surface area contributed by atoms with Gasteiger partial charge in [-0.3, -0.25) is 9.59 Å². The first-order valence-electron chi connectivity index (χ1n) is 10.1. The lowest BCUT2D eigenvalue weighted by Gasteiger charge is -2.32. The second-order valence-electron chi connectivity index (χ2n) is 7.66.